The van der Waals surface area contributed by atoms with E-state index >= 15 is 0 Å². The Morgan fingerprint density at radius 3 is 2.75 bits per heavy atom. The van der Waals surface area contributed by atoms with E-state index in [0.717, 1.165) is 12.0 Å². The van der Waals surface area contributed by atoms with Crippen molar-refractivity contribution >= 4 is 0 Å². The first-order valence-corrected chi connectivity index (χ1v) is 5.32. The highest BCUT2D eigenvalue weighted by atomic mass is 15.2. The van der Waals surface area contributed by atoms with Crippen LogP contribution in [0.4, 0.5) is 0 Å². The van der Waals surface area contributed by atoms with E-state index in [-0.39, 0.29) is 0 Å². The molecule has 0 aromatic carbocycles. The van der Waals surface area contributed by atoms with Gasteiger partial charge < -0.3 is 5.32 Å². The Morgan fingerprint density at radius 1 is 1.17 bits per heavy atom. The lowest BCUT2D eigenvalue weighted by molar-refractivity contribution is 0.0782. The minimum atomic E-state index is 0.921. The Morgan fingerprint density at radius 2 is 2.08 bits per heavy atom. The average Bonchev–Trinajstić information content (AvgIpc) is 2.30. The Kier molecular flexibility index (Phi) is 2.66. The molecule has 0 amide bonds. The second-order valence-corrected chi connectivity index (χ2v) is 4.26. The third kappa shape index (κ3) is 1.64. The zero-order chi connectivity index (χ0) is 8.39. The van der Waals surface area contributed by atoms with Crippen LogP contribution in [0.2, 0.25) is 0 Å². The molecule has 2 unspecified atom stereocenters. The molecule has 1 aliphatic heterocycles. The molecule has 0 aromatic heterocycles. The first-order valence-electron chi connectivity index (χ1n) is 5.32. The Bertz CT molecular complexity index is 139. The number of nitrogens with one attached hydrogen (secondary N) is 1. The Hall–Kier alpha value is -0.0800. The molecule has 2 aliphatic rings. The Balaban J connectivity index is 1.84. The lowest BCUT2D eigenvalue weighted by Gasteiger charge is -2.42. The van der Waals surface area contributed by atoms with Crippen LogP contribution in [-0.2, 0) is 0 Å². The standard InChI is InChI=1S/C10H20N2/c1-9-3-4-10(9)12-7-2-5-11-6-8-12/h9-11H,2-8H2,1H3. The van der Waals surface area contributed by atoms with E-state index in [0.29, 0.717) is 0 Å². The van der Waals surface area contributed by atoms with Crippen molar-refractivity contribution in [3.63, 3.8) is 0 Å². The highest BCUT2D eigenvalue weighted by Crippen LogP contribution is 2.31. The van der Waals surface area contributed by atoms with Crippen LogP contribution in [0, 0.1) is 5.92 Å². The van der Waals surface area contributed by atoms with Gasteiger partial charge in [-0.25, -0.2) is 0 Å². The van der Waals surface area contributed by atoms with Gasteiger partial charge in [-0.1, -0.05) is 6.92 Å². The van der Waals surface area contributed by atoms with Crippen molar-refractivity contribution in [2.75, 3.05) is 26.2 Å². The van der Waals surface area contributed by atoms with E-state index in [1.165, 1.54) is 45.4 Å². The van der Waals surface area contributed by atoms with Crippen LogP contribution in [0.25, 0.3) is 0 Å². The summed E-state index contributed by atoms with van der Waals surface area (Å²) in [5, 5.41) is 3.45. The molecule has 2 atom stereocenters. The smallest absolute Gasteiger partial charge is 0.0121 e. The van der Waals surface area contributed by atoms with E-state index < -0.39 is 0 Å². The Labute approximate surface area is 75.3 Å². The van der Waals surface area contributed by atoms with Gasteiger partial charge in [-0.05, 0) is 38.3 Å². The predicted octanol–water partition coefficient (Wildman–Crippen LogP) is 1.08. The molecule has 1 heterocycles. The van der Waals surface area contributed by atoms with Crippen molar-refractivity contribution in [2.45, 2.75) is 32.2 Å². The normalized spacial score (nSPS) is 38.8. The molecular formula is C10H20N2. The van der Waals surface area contributed by atoms with Crippen LogP contribution >= 0.6 is 0 Å². The van der Waals surface area contributed by atoms with Gasteiger partial charge in [0.2, 0.25) is 0 Å². The maximum absolute atomic E-state index is 3.45. The summed E-state index contributed by atoms with van der Waals surface area (Å²) in [5.41, 5.74) is 0. The molecule has 12 heavy (non-hydrogen) atoms. The molecule has 0 bridgehead atoms. The molecule has 1 saturated carbocycles. The number of hydrogen-bond acceptors (Lipinski definition) is 2. The van der Waals surface area contributed by atoms with Gasteiger partial charge in [-0.2, -0.15) is 0 Å². The van der Waals surface area contributed by atoms with E-state index in [9.17, 15) is 0 Å². The molecule has 1 saturated heterocycles. The maximum Gasteiger partial charge on any atom is 0.0121 e. The molecular weight excluding hydrogens is 148 g/mol. The van der Waals surface area contributed by atoms with Gasteiger partial charge in [-0.3, -0.25) is 4.90 Å². The molecule has 0 aromatic rings. The van der Waals surface area contributed by atoms with Crippen LogP contribution < -0.4 is 5.32 Å². The zero-order valence-corrected chi connectivity index (χ0v) is 8.05. The quantitative estimate of drug-likeness (QED) is 0.630. The van der Waals surface area contributed by atoms with E-state index in [1.807, 2.05) is 0 Å². The van der Waals surface area contributed by atoms with E-state index in [4.69, 9.17) is 0 Å². The van der Waals surface area contributed by atoms with Crippen LogP contribution in [0.15, 0.2) is 0 Å². The molecule has 1 aliphatic carbocycles. The van der Waals surface area contributed by atoms with Crippen molar-refractivity contribution in [2.24, 2.45) is 5.92 Å². The molecule has 2 fully saturated rings. The van der Waals surface area contributed by atoms with Crippen LogP contribution in [0.1, 0.15) is 26.2 Å². The third-order valence-corrected chi connectivity index (χ3v) is 3.42. The van der Waals surface area contributed by atoms with Crippen molar-refractivity contribution in [1.29, 1.82) is 0 Å². The van der Waals surface area contributed by atoms with Crippen LogP contribution in [0.3, 0.4) is 0 Å². The second-order valence-electron chi connectivity index (χ2n) is 4.26. The topological polar surface area (TPSA) is 15.3 Å². The number of rotatable bonds is 1. The molecule has 2 nitrogen and oxygen atoms in total. The maximum atomic E-state index is 3.45. The van der Waals surface area contributed by atoms with Crippen LogP contribution in [0.5, 0.6) is 0 Å². The van der Waals surface area contributed by atoms with Gasteiger partial charge in [-0.15, -0.1) is 0 Å². The SMILES string of the molecule is CC1CCC1N1CCCNCC1. The van der Waals surface area contributed by atoms with Crippen molar-refractivity contribution in [1.82, 2.24) is 10.2 Å². The first-order chi connectivity index (χ1) is 5.88. The number of nitrogens with zero attached hydrogens (tertiary/aromatic N) is 1. The fourth-order valence-corrected chi connectivity index (χ4v) is 2.39. The molecule has 1 N–H and O–H groups in total. The summed E-state index contributed by atoms with van der Waals surface area (Å²) in [5.74, 6) is 0.961. The van der Waals surface area contributed by atoms with Crippen molar-refractivity contribution in [3.8, 4) is 0 Å². The van der Waals surface area contributed by atoms with Gasteiger partial charge in [0.15, 0.2) is 0 Å². The fraction of sp³-hybridized carbons (Fsp3) is 1.00. The molecule has 0 radical (unpaired) electrons. The van der Waals surface area contributed by atoms with Crippen molar-refractivity contribution < 1.29 is 0 Å². The summed E-state index contributed by atoms with van der Waals surface area (Å²) >= 11 is 0. The van der Waals surface area contributed by atoms with Gasteiger partial charge in [0.1, 0.15) is 0 Å². The largest absolute Gasteiger partial charge is 0.315 e. The zero-order valence-electron chi connectivity index (χ0n) is 8.05. The first kappa shape index (κ1) is 8.52. The summed E-state index contributed by atoms with van der Waals surface area (Å²) < 4.78 is 0. The summed E-state index contributed by atoms with van der Waals surface area (Å²) in [6.07, 6.45) is 4.24. The summed E-state index contributed by atoms with van der Waals surface area (Å²) in [7, 11) is 0. The van der Waals surface area contributed by atoms with E-state index in [1.54, 1.807) is 0 Å². The molecule has 2 rings (SSSR count). The number of hydrogen-bond donors (Lipinski definition) is 1. The molecule has 0 spiro atoms. The monoisotopic (exact) mass is 168 g/mol. The minimum absolute atomic E-state index is 0.921. The highest BCUT2D eigenvalue weighted by molar-refractivity contribution is 4.87. The van der Waals surface area contributed by atoms with Gasteiger partial charge in [0.25, 0.3) is 0 Å². The van der Waals surface area contributed by atoms with Gasteiger partial charge >= 0.3 is 0 Å². The lowest BCUT2D eigenvalue weighted by atomic mass is 9.80. The molecule has 70 valence electrons. The second kappa shape index (κ2) is 3.75. The van der Waals surface area contributed by atoms with Crippen LogP contribution in [-0.4, -0.2) is 37.1 Å². The van der Waals surface area contributed by atoms with Gasteiger partial charge in [0, 0.05) is 19.1 Å². The fourth-order valence-electron chi connectivity index (χ4n) is 2.39. The van der Waals surface area contributed by atoms with E-state index in [2.05, 4.69) is 17.1 Å². The molecule has 2 heteroatoms. The predicted molar refractivity (Wildman–Crippen MR) is 51.2 cm³/mol. The summed E-state index contributed by atoms with van der Waals surface area (Å²) in [6.45, 7) is 7.41. The summed E-state index contributed by atoms with van der Waals surface area (Å²) in [4.78, 5) is 2.69. The minimum Gasteiger partial charge on any atom is -0.315 e. The third-order valence-electron chi connectivity index (χ3n) is 3.42. The van der Waals surface area contributed by atoms with Crippen molar-refractivity contribution in [3.05, 3.63) is 0 Å². The average molecular weight is 168 g/mol. The lowest BCUT2D eigenvalue weighted by Crippen LogP contribution is -2.47. The van der Waals surface area contributed by atoms with Gasteiger partial charge in [0.05, 0.1) is 0 Å². The highest BCUT2D eigenvalue weighted by Gasteiger charge is 2.31. The summed E-state index contributed by atoms with van der Waals surface area (Å²) in [6, 6.07) is 0.921.